The summed E-state index contributed by atoms with van der Waals surface area (Å²) in [5.41, 5.74) is 1.00. The number of nitrogens with zero attached hydrogens (tertiary/aromatic N) is 2. The fraction of sp³-hybridized carbons (Fsp3) is 0.500. The Hall–Kier alpha value is -2.11. The summed E-state index contributed by atoms with van der Waals surface area (Å²) in [6.07, 6.45) is 2.17. The predicted octanol–water partition coefficient (Wildman–Crippen LogP) is 1.40. The Kier molecular flexibility index (Phi) is 3.92. The highest BCUT2D eigenvalue weighted by atomic mass is 16.4. The van der Waals surface area contributed by atoms with Gasteiger partial charge in [-0.2, -0.15) is 0 Å². The number of carboxylic acids is 1. The van der Waals surface area contributed by atoms with Gasteiger partial charge in [-0.25, -0.2) is 4.79 Å². The van der Waals surface area contributed by atoms with Crippen molar-refractivity contribution in [3.8, 4) is 0 Å². The Morgan fingerprint density at radius 3 is 2.90 bits per heavy atom. The highest BCUT2D eigenvalue weighted by Gasteiger charge is 2.42. The van der Waals surface area contributed by atoms with Crippen molar-refractivity contribution in [1.82, 2.24) is 15.2 Å². The number of likely N-dealkylation sites (tertiary alicyclic amines) is 1. The lowest BCUT2D eigenvalue weighted by atomic mass is 9.90. The molecule has 0 spiro atoms. The Morgan fingerprint density at radius 2 is 2.30 bits per heavy atom. The SMILES string of the molecule is Cc1cccnc1CNC(=O)N1CCC(C)(C(=O)O)C1. The van der Waals surface area contributed by atoms with Crippen LogP contribution >= 0.6 is 0 Å². The van der Waals surface area contributed by atoms with Crippen LogP contribution in [0.15, 0.2) is 18.3 Å². The monoisotopic (exact) mass is 277 g/mol. The lowest BCUT2D eigenvalue weighted by Crippen LogP contribution is -2.40. The maximum atomic E-state index is 12.0. The molecule has 1 saturated heterocycles. The van der Waals surface area contributed by atoms with Crippen LogP contribution in [-0.2, 0) is 11.3 Å². The van der Waals surface area contributed by atoms with E-state index in [-0.39, 0.29) is 12.6 Å². The van der Waals surface area contributed by atoms with Crippen LogP contribution in [0.25, 0.3) is 0 Å². The number of aliphatic carboxylic acids is 1. The molecule has 6 nitrogen and oxygen atoms in total. The van der Waals surface area contributed by atoms with Gasteiger partial charge in [-0.05, 0) is 31.9 Å². The van der Waals surface area contributed by atoms with E-state index in [4.69, 9.17) is 5.11 Å². The summed E-state index contributed by atoms with van der Waals surface area (Å²) < 4.78 is 0. The molecule has 1 aliphatic heterocycles. The number of hydrogen-bond acceptors (Lipinski definition) is 3. The van der Waals surface area contributed by atoms with Crippen LogP contribution in [0.3, 0.4) is 0 Å². The van der Waals surface area contributed by atoms with E-state index in [1.54, 1.807) is 18.0 Å². The number of carbonyl (C=O) groups is 2. The van der Waals surface area contributed by atoms with Crippen LogP contribution in [-0.4, -0.2) is 40.1 Å². The van der Waals surface area contributed by atoms with Gasteiger partial charge < -0.3 is 15.3 Å². The molecule has 0 saturated carbocycles. The molecule has 1 aromatic rings. The molecule has 0 aromatic carbocycles. The first-order valence-corrected chi connectivity index (χ1v) is 6.59. The van der Waals surface area contributed by atoms with Gasteiger partial charge in [0.15, 0.2) is 0 Å². The van der Waals surface area contributed by atoms with Crippen LogP contribution in [0.5, 0.6) is 0 Å². The molecule has 1 fully saturated rings. The maximum Gasteiger partial charge on any atom is 0.317 e. The Labute approximate surface area is 117 Å². The number of pyridine rings is 1. The van der Waals surface area contributed by atoms with Gasteiger partial charge in [0.1, 0.15) is 0 Å². The molecule has 2 N–H and O–H groups in total. The number of rotatable bonds is 3. The van der Waals surface area contributed by atoms with Crippen LogP contribution in [0.2, 0.25) is 0 Å². The van der Waals surface area contributed by atoms with Gasteiger partial charge >= 0.3 is 12.0 Å². The van der Waals surface area contributed by atoms with E-state index in [0.717, 1.165) is 11.3 Å². The smallest absolute Gasteiger partial charge is 0.317 e. The van der Waals surface area contributed by atoms with Crippen LogP contribution < -0.4 is 5.32 Å². The minimum Gasteiger partial charge on any atom is -0.481 e. The summed E-state index contributed by atoms with van der Waals surface area (Å²) in [5, 5.41) is 11.9. The van der Waals surface area contributed by atoms with Gasteiger partial charge in [-0.15, -0.1) is 0 Å². The lowest BCUT2D eigenvalue weighted by molar-refractivity contribution is -0.146. The highest BCUT2D eigenvalue weighted by Crippen LogP contribution is 2.29. The molecule has 1 aliphatic rings. The molecular formula is C14H19N3O3. The average molecular weight is 277 g/mol. The Bertz CT molecular complexity index is 532. The lowest BCUT2D eigenvalue weighted by Gasteiger charge is -2.20. The van der Waals surface area contributed by atoms with E-state index in [0.29, 0.717) is 19.5 Å². The fourth-order valence-electron chi connectivity index (χ4n) is 2.28. The van der Waals surface area contributed by atoms with Crippen molar-refractivity contribution >= 4 is 12.0 Å². The van der Waals surface area contributed by atoms with Crippen molar-refractivity contribution in [2.45, 2.75) is 26.8 Å². The molecule has 20 heavy (non-hydrogen) atoms. The van der Waals surface area contributed by atoms with Gasteiger partial charge in [0.25, 0.3) is 0 Å². The quantitative estimate of drug-likeness (QED) is 0.874. The van der Waals surface area contributed by atoms with Crippen molar-refractivity contribution in [3.63, 3.8) is 0 Å². The zero-order valence-corrected chi connectivity index (χ0v) is 11.7. The number of amides is 2. The van der Waals surface area contributed by atoms with Crippen molar-refractivity contribution in [1.29, 1.82) is 0 Å². The van der Waals surface area contributed by atoms with Crippen molar-refractivity contribution < 1.29 is 14.7 Å². The van der Waals surface area contributed by atoms with Crippen LogP contribution in [0.1, 0.15) is 24.6 Å². The fourth-order valence-corrected chi connectivity index (χ4v) is 2.28. The van der Waals surface area contributed by atoms with E-state index in [2.05, 4.69) is 10.3 Å². The molecule has 1 aromatic heterocycles. The predicted molar refractivity (Wildman–Crippen MR) is 73.1 cm³/mol. The second-order valence-electron chi connectivity index (χ2n) is 5.46. The van der Waals surface area contributed by atoms with Gasteiger partial charge in [0, 0.05) is 19.3 Å². The third-order valence-electron chi connectivity index (χ3n) is 3.80. The van der Waals surface area contributed by atoms with E-state index >= 15 is 0 Å². The molecule has 0 radical (unpaired) electrons. The molecule has 1 atom stereocenters. The zero-order valence-electron chi connectivity index (χ0n) is 11.7. The van der Waals surface area contributed by atoms with E-state index < -0.39 is 11.4 Å². The number of urea groups is 1. The van der Waals surface area contributed by atoms with E-state index in [1.165, 1.54) is 0 Å². The number of nitrogens with one attached hydrogen (secondary N) is 1. The molecule has 1 unspecified atom stereocenters. The summed E-state index contributed by atoms with van der Waals surface area (Å²) in [4.78, 5) is 28.9. The summed E-state index contributed by atoms with van der Waals surface area (Å²) in [6, 6.07) is 3.55. The summed E-state index contributed by atoms with van der Waals surface area (Å²) in [5.74, 6) is -0.853. The van der Waals surface area contributed by atoms with E-state index in [1.807, 2.05) is 19.1 Å². The Morgan fingerprint density at radius 1 is 1.55 bits per heavy atom. The molecule has 2 heterocycles. The first-order chi connectivity index (χ1) is 9.42. The van der Waals surface area contributed by atoms with Crippen molar-refractivity contribution in [3.05, 3.63) is 29.6 Å². The molecule has 6 heteroatoms. The van der Waals surface area contributed by atoms with Crippen LogP contribution in [0, 0.1) is 12.3 Å². The minimum absolute atomic E-state index is 0.236. The third-order valence-corrected chi connectivity index (χ3v) is 3.80. The molecule has 2 amide bonds. The molecule has 0 bridgehead atoms. The van der Waals surface area contributed by atoms with Crippen molar-refractivity contribution in [2.75, 3.05) is 13.1 Å². The standard InChI is InChI=1S/C14H19N3O3/c1-10-4-3-6-15-11(10)8-16-13(20)17-7-5-14(2,9-17)12(18)19/h3-4,6H,5,7-9H2,1-2H3,(H,16,20)(H,18,19). The highest BCUT2D eigenvalue weighted by molar-refractivity contribution is 5.79. The molecule has 0 aliphatic carbocycles. The Balaban J connectivity index is 1.91. The van der Waals surface area contributed by atoms with Gasteiger partial charge in [0.2, 0.25) is 0 Å². The second-order valence-corrected chi connectivity index (χ2v) is 5.46. The minimum atomic E-state index is -0.853. The van der Waals surface area contributed by atoms with E-state index in [9.17, 15) is 9.59 Å². The average Bonchev–Trinajstić information content (AvgIpc) is 2.82. The van der Waals surface area contributed by atoms with Gasteiger partial charge in [-0.3, -0.25) is 9.78 Å². The van der Waals surface area contributed by atoms with Crippen LogP contribution in [0.4, 0.5) is 4.79 Å². The largest absolute Gasteiger partial charge is 0.481 e. The maximum absolute atomic E-state index is 12.0. The normalized spacial score (nSPS) is 21.8. The van der Waals surface area contributed by atoms with Crippen molar-refractivity contribution in [2.24, 2.45) is 5.41 Å². The number of aryl methyl sites for hydroxylation is 1. The second kappa shape index (κ2) is 5.48. The number of aromatic nitrogens is 1. The topological polar surface area (TPSA) is 82.5 Å². The summed E-state index contributed by atoms with van der Waals surface area (Å²) in [7, 11) is 0. The third kappa shape index (κ3) is 2.89. The van der Waals surface area contributed by atoms with Gasteiger partial charge in [-0.1, -0.05) is 6.07 Å². The first-order valence-electron chi connectivity index (χ1n) is 6.59. The molecule has 108 valence electrons. The molecular weight excluding hydrogens is 258 g/mol. The van der Waals surface area contributed by atoms with Gasteiger partial charge in [0.05, 0.1) is 17.7 Å². The number of carboxylic acid groups (broad SMARTS) is 1. The number of hydrogen-bond donors (Lipinski definition) is 2. The first kappa shape index (κ1) is 14.3. The summed E-state index contributed by atoms with van der Waals surface area (Å²) >= 11 is 0. The zero-order chi connectivity index (χ0) is 14.8. The summed E-state index contributed by atoms with van der Waals surface area (Å²) in [6.45, 7) is 4.67. The number of carbonyl (C=O) groups excluding carboxylic acids is 1. The molecule has 2 rings (SSSR count).